The van der Waals surface area contributed by atoms with Crippen molar-refractivity contribution in [1.82, 2.24) is 5.32 Å². The molecular formula is C13H17BrN2O2. The van der Waals surface area contributed by atoms with E-state index in [0.29, 0.717) is 11.3 Å². The van der Waals surface area contributed by atoms with Gasteiger partial charge in [-0.25, -0.2) is 0 Å². The first kappa shape index (κ1) is 13.4. The van der Waals surface area contributed by atoms with Crippen LogP contribution in [0.3, 0.4) is 0 Å². The maximum atomic E-state index is 12.1. The van der Waals surface area contributed by atoms with Crippen LogP contribution in [0.5, 0.6) is 0 Å². The number of halogens is 1. The summed E-state index contributed by atoms with van der Waals surface area (Å²) < 4.78 is 0.826. The Morgan fingerprint density at radius 2 is 2.28 bits per heavy atom. The van der Waals surface area contributed by atoms with E-state index in [2.05, 4.69) is 21.2 Å². The zero-order chi connectivity index (χ0) is 13.1. The normalized spacial score (nSPS) is 23.0. The molecule has 1 aliphatic rings. The van der Waals surface area contributed by atoms with Gasteiger partial charge >= 0.3 is 0 Å². The maximum Gasteiger partial charge on any atom is 0.253 e. The fourth-order valence-corrected chi connectivity index (χ4v) is 2.78. The number of nitrogen functional groups attached to an aromatic ring is 1. The minimum Gasteiger partial charge on any atom is -0.398 e. The van der Waals surface area contributed by atoms with Crippen LogP contribution < -0.4 is 11.1 Å². The molecule has 18 heavy (non-hydrogen) atoms. The molecule has 1 amide bonds. The van der Waals surface area contributed by atoms with Gasteiger partial charge in [-0.1, -0.05) is 22.4 Å². The molecular weight excluding hydrogens is 296 g/mol. The van der Waals surface area contributed by atoms with Crippen LogP contribution in [-0.2, 0) is 0 Å². The van der Waals surface area contributed by atoms with Gasteiger partial charge in [-0.15, -0.1) is 0 Å². The van der Waals surface area contributed by atoms with E-state index < -0.39 is 0 Å². The van der Waals surface area contributed by atoms with Crippen LogP contribution in [0.4, 0.5) is 5.69 Å². The first-order chi connectivity index (χ1) is 8.61. The fourth-order valence-electron chi connectivity index (χ4n) is 2.42. The first-order valence-electron chi connectivity index (χ1n) is 6.08. The fraction of sp³-hybridized carbons (Fsp3) is 0.462. The Kier molecular flexibility index (Phi) is 4.24. The average molecular weight is 313 g/mol. The number of benzene rings is 1. The lowest BCUT2D eigenvalue weighted by molar-refractivity contribution is 0.0917. The molecule has 1 aromatic rings. The lowest BCUT2D eigenvalue weighted by Crippen LogP contribution is -2.38. The first-order valence-corrected chi connectivity index (χ1v) is 6.88. The quantitative estimate of drug-likeness (QED) is 0.746. The molecule has 4 nitrogen and oxygen atoms in total. The van der Waals surface area contributed by atoms with Crippen molar-refractivity contribution in [3.63, 3.8) is 0 Å². The third kappa shape index (κ3) is 2.84. The van der Waals surface area contributed by atoms with E-state index in [1.807, 2.05) is 0 Å². The molecule has 2 unspecified atom stereocenters. The third-order valence-electron chi connectivity index (χ3n) is 3.47. The van der Waals surface area contributed by atoms with Crippen LogP contribution in [0.2, 0.25) is 0 Å². The zero-order valence-corrected chi connectivity index (χ0v) is 11.6. The number of nitrogens with one attached hydrogen (secondary N) is 1. The number of amides is 1. The van der Waals surface area contributed by atoms with Crippen LogP contribution in [0.15, 0.2) is 22.7 Å². The summed E-state index contributed by atoms with van der Waals surface area (Å²) in [5.41, 5.74) is 6.75. The highest BCUT2D eigenvalue weighted by molar-refractivity contribution is 9.10. The number of nitrogens with two attached hydrogens (primary N) is 1. The molecule has 2 atom stereocenters. The highest BCUT2D eigenvalue weighted by atomic mass is 79.9. The lowest BCUT2D eigenvalue weighted by atomic mass is 10.0. The number of anilines is 1. The Labute approximate surface area is 115 Å². The third-order valence-corrected chi connectivity index (χ3v) is 3.96. The summed E-state index contributed by atoms with van der Waals surface area (Å²) in [6.07, 6.45) is 2.93. The molecule has 0 spiro atoms. The lowest BCUT2D eigenvalue weighted by Gasteiger charge is -2.19. The second kappa shape index (κ2) is 5.71. The molecule has 5 heteroatoms. The van der Waals surface area contributed by atoms with E-state index >= 15 is 0 Å². The predicted octanol–water partition coefficient (Wildman–Crippen LogP) is 1.92. The largest absolute Gasteiger partial charge is 0.398 e. The van der Waals surface area contributed by atoms with Gasteiger partial charge in [0.25, 0.3) is 5.91 Å². The van der Waals surface area contributed by atoms with Crippen molar-refractivity contribution in [3.8, 4) is 0 Å². The van der Waals surface area contributed by atoms with Crippen LogP contribution in [0.1, 0.15) is 29.6 Å². The topological polar surface area (TPSA) is 75.4 Å². The standard InChI is InChI=1S/C13H17BrN2O2/c14-9-4-5-11(15)10(6-9)13(18)16-12-3-1-2-8(12)7-17/h4-6,8,12,17H,1-3,7,15H2,(H,16,18). The molecule has 2 rings (SSSR count). The van der Waals surface area contributed by atoms with Gasteiger partial charge in [-0.05, 0) is 31.0 Å². The summed E-state index contributed by atoms with van der Waals surface area (Å²) in [5.74, 6) is 0.00137. The summed E-state index contributed by atoms with van der Waals surface area (Å²) >= 11 is 3.33. The Morgan fingerprint density at radius 1 is 1.50 bits per heavy atom. The van der Waals surface area contributed by atoms with Gasteiger partial charge in [0.1, 0.15) is 0 Å². The zero-order valence-electron chi connectivity index (χ0n) is 10.0. The van der Waals surface area contributed by atoms with Crippen LogP contribution in [0, 0.1) is 5.92 Å². The monoisotopic (exact) mass is 312 g/mol. The van der Waals surface area contributed by atoms with E-state index in [1.165, 1.54) is 0 Å². The second-order valence-corrected chi connectivity index (χ2v) is 5.60. The number of carbonyl (C=O) groups excluding carboxylic acids is 1. The maximum absolute atomic E-state index is 12.1. The molecule has 1 aliphatic carbocycles. The van der Waals surface area contributed by atoms with Crippen molar-refractivity contribution < 1.29 is 9.90 Å². The average Bonchev–Trinajstić information content (AvgIpc) is 2.79. The second-order valence-electron chi connectivity index (χ2n) is 4.69. The molecule has 98 valence electrons. The number of hydrogen-bond acceptors (Lipinski definition) is 3. The highest BCUT2D eigenvalue weighted by Gasteiger charge is 2.28. The number of aliphatic hydroxyl groups is 1. The summed E-state index contributed by atoms with van der Waals surface area (Å²) in [6.45, 7) is 0.124. The predicted molar refractivity (Wildman–Crippen MR) is 74.2 cm³/mol. The number of carbonyl (C=O) groups is 1. The molecule has 1 aromatic carbocycles. The molecule has 0 bridgehead atoms. The van der Waals surface area contributed by atoms with Crippen molar-refractivity contribution in [1.29, 1.82) is 0 Å². The van der Waals surface area contributed by atoms with Gasteiger partial charge in [0.05, 0.1) is 5.56 Å². The molecule has 1 fully saturated rings. The molecule has 0 radical (unpaired) electrons. The van der Waals surface area contributed by atoms with Gasteiger partial charge < -0.3 is 16.2 Å². The minimum absolute atomic E-state index is 0.0564. The van der Waals surface area contributed by atoms with E-state index in [4.69, 9.17) is 5.73 Å². The summed E-state index contributed by atoms with van der Waals surface area (Å²) in [4.78, 5) is 12.1. The van der Waals surface area contributed by atoms with Gasteiger partial charge in [0.2, 0.25) is 0 Å². The van der Waals surface area contributed by atoms with E-state index in [-0.39, 0.29) is 24.5 Å². The smallest absolute Gasteiger partial charge is 0.253 e. The van der Waals surface area contributed by atoms with Crippen LogP contribution >= 0.6 is 15.9 Å². The summed E-state index contributed by atoms with van der Waals surface area (Å²) in [5, 5.41) is 12.2. The Hall–Kier alpha value is -1.07. The Bertz CT molecular complexity index is 451. The number of hydrogen-bond donors (Lipinski definition) is 3. The molecule has 1 saturated carbocycles. The van der Waals surface area contributed by atoms with E-state index in [1.54, 1.807) is 18.2 Å². The molecule has 0 heterocycles. The van der Waals surface area contributed by atoms with Gasteiger partial charge in [0, 0.05) is 28.7 Å². The van der Waals surface area contributed by atoms with Crippen molar-refractivity contribution in [2.45, 2.75) is 25.3 Å². The van der Waals surface area contributed by atoms with Crippen molar-refractivity contribution in [3.05, 3.63) is 28.2 Å². The Morgan fingerprint density at radius 3 is 3.00 bits per heavy atom. The van der Waals surface area contributed by atoms with E-state index in [0.717, 1.165) is 23.7 Å². The van der Waals surface area contributed by atoms with Gasteiger partial charge in [-0.3, -0.25) is 4.79 Å². The highest BCUT2D eigenvalue weighted by Crippen LogP contribution is 2.26. The van der Waals surface area contributed by atoms with Crippen molar-refractivity contribution in [2.75, 3.05) is 12.3 Å². The molecule has 4 N–H and O–H groups in total. The minimum atomic E-state index is -0.167. The summed E-state index contributed by atoms with van der Waals surface area (Å²) in [7, 11) is 0. The number of rotatable bonds is 3. The van der Waals surface area contributed by atoms with Crippen molar-refractivity contribution in [2.24, 2.45) is 5.92 Å². The molecule has 0 aromatic heterocycles. The molecule has 0 saturated heterocycles. The van der Waals surface area contributed by atoms with Gasteiger partial charge in [0.15, 0.2) is 0 Å². The van der Waals surface area contributed by atoms with Crippen LogP contribution in [0.25, 0.3) is 0 Å². The number of aliphatic hydroxyl groups excluding tert-OH is 1. The summed E-state index contributed by atoms with van der Waals surface area (Å²) in [6, 6.07) is 5.28. The SMILES string of the molecule is Nc1ccc(Br)cc1C(=O)NC1CCCC1CO. The van der Waals surface area contributed by atoms with Crippen molar-refractivity contribution >= 4 is 27.5 Å². The van der Waals surface area contributed by atoms with Gasteiger partial charge in [-0.2, -0.15) is 0 Å². The Balaban J connectivity index is 2.09. The molecule has 0 aliphatic heterocycles. The van der Waals surface area contributed by atoms with E-state index in [9.17, 15) is 9.90 Å². The van der Waals surface area contributed by atoms with Crippen LogP contribution in [-0.4, -0.2) is 23.7 Å².